The molecule has 29 heavy (non-hydrogen) atoms. The molecule has 1 aliphatic heterocycles. The number of carbonyl (C=O) groups excluding carboxylic acids is 1. The molecule has 1 aromatic heterocycles. The minimum Gasteiger partial charge on any atom is -0.508 e. The quantitative estimate of drug-likeness (QED) is 0.717. The fraction of sp³-hybridized carbons (Fsp3) is 0.455. The van der Waals surface area contributed by atoms with Gasteiger partial charge in [-0.15, -0.1) is 11.3 Å². The number of hydrogen-bond acceptors (Lipinski definition) is 5. The van der Waals surface area contributed by atoms with Crippen LogP contribution in [0.5, 0.6) is 5.75 Å². The SMILES string of the molecule is C[C@@H]1CCc2c(sc(NC(=O)C[NH+]3CCN(c4ccc(O)cc4)CC3)c2C#N)C1. The molecular formula is C22H27N4O2S+. The summed E-state index contributed by atoms with van der Waals surface area (Å²) < 4.78 is 0. The van der Waals surface area contributed by atoms with Crippen LogP contribution < -0.4 is 15.1 Å². The number of hydrogen-bond donors (Lipinski definition) is 3. The number of fused-ring (bicyclic) bond motifs is 1. The van der Waals surface area contributed by atoms with Crippen molar-refractivity contribution in [2.75, 3.05) is 42.9 Å². The van der Waals surface area contributed by atoms with Gasteiger partial charge in [-0.25, -0.2) is 0 Å². The van der Waals surface area contributed by atoms with E-state index >= 15 is 0 Å². The van der Waals surface area contributed by atoms with Crippen molar-refractivity contribution in [2.45, 2.75) is 26.2 Å². The highest BCUT2D eigenvalue weighted by atomic mass is 32.1. The molecule has 0 unspecified atom stereocenters. The zero-order chi connectivity index (χ0) is 20.4. The van der Waals surface area contributed by atoms with Crippen molar-refractivity contribution in [1.29, 1.82) is 5.26 Å². The smallest absolute Gasteiger partial charge is 0.280 e. The van der Waals surface area contributed by atoms with E-state index in [0.717, 1.165) is 61.7 Å². The number of quaternary nitrogens is 1. The highest BCUT2D eigenvalue weighted by Gasteiger charge is 2.26. The van der Waals surface area contributed by atoms with E-state index in [4.69, 9.17) is 0 Å². The molecule has 1 aromatic carbocycles. The van der Waals surface area contributed by atoms with Crippen molar-refractivity contribution in [2.24, 2.45) is 5.92 Å². The summed E-state index contributed by atoms with van der Waals surface area (Å²) in [5.41, 5.74) is 2.93. The Balaban J connectivity index is 1.33. The number of carbonyl (C=O) groups is 1. The van der Waals surface area contributed by atoms with Crippen LogP contribution in [0.4, 0.5) is 10.7 Å². The van der Waals surface area contributed by atoms with Crippen LogP contribution in [0, 0.1) is 17.2 Å². The van der Waals surface area contributed by atoms with Crippen molar-refractivity contribution in [3.05, 3.63) is 40.3 Å². The predicted octanol–water partition coefficient (Wildman–Crippen LogP) is 1.79. The van der Waals surface area contributed by atoms with Crippen LogP contribution in [-0.2, 0) is 17.6 Å². The zero-order valence-corrected chi connectivity index (χ0v) is 17.5. The molecule has 0 bridgehead atoms. The molecular weight excluding hydrogens is 384 g/mol. The topological polar surface area (TPSA) is 80.8 Å². The molecule has 1 atom stereocenters. The van der Waals surface area contributed by atoms with E-state index < -0.39 is 0 Å². The Morgan fingerprint density at radius 3 is 2.76 bits per heavy atom. The number of piperazine rings is 1. The lowest BCUT2D eigenvalue weighted by molar-refractivity contribution is -0.892. The number of anilines is 2. The number of amides is 1. The molecule has 0 spiro atoms. The van der Waals surface area contributed by atoms with Gasteiger partial charge in [0, 0.05) is 10.6 Å². The highest BCUT2D eigenvalue weighted by Crippen LogP contribution is 2.39. The summed E-state index contributed by atoms with van der Waals surface area (Å²) in [4.78, 5) is 17.4. The average molecular weight is 412 g/mol. The number of rotatable bonds is 4. The van der Waals surface area contributed by atoms with Gasteiger partial charge < -0.3 is 20.2 Å². The Kier molecular flexibility index (Phi) is 5.74. The molecule has 1 amide bonds. The van der Waals surface area contributed by atoms with Crippen molar-refractivity contribution < 1.29 is 14.8 Å². The summed E-state index contributed by atoms with van der Waals surface area (Å²) in [6.07, 6.45) is 3.06. The lowest BCUT2D eigenvalue weighted by Gasteiger charge is -2.33. The van der Waals surface area contributed by atoms with E-state index in [-0.39, 0.29) is 11.7 Å². The van der Waals surface area contributed by atoms with Gasteiger partial charge in [0.15, 0.2) is 6.54 Å². The molecule has 1 fully saturated rings. The first-order chi connectivity index (χ1) is 14.0. The molecule has 152 valence electrons. The van der Waals surface area contributed by atoms with Gasteiger partial charge in [0.1, 0.15) is 16.8 Å². The third-order valence-electron chi connectivity index (χ3n) is 5.97. The maximum Gasteiger partial charge on any atom is 0.280 e. The first kappa shape index (κ1) is 19.7. The Morgan fingerprint density at radius 2 is 2.07 bits per heavy atom. The molecule has 2 aliphatic rings. The molecule has 2 aromatic rings. The predicted molar refractivity (Wildman–Crippen MR) is 115 cm³/mol. The third kappa shape index (κ3) is 4.39. The summed E-state index contributed by atoms with van der Waals surface area (Å²) in [6.45, 7) is 6.20. The number of nitrogens with zero attached hydrogens (tertiary/aromatic N) is 2. The van der Waals surface area contributed by atoms with Gasteiger partial charge >= 0.3 is 0 Å². The molecule has 0 saturated carbocycles. The largest absolute Gasteiger partial charge is 0.508 e. The first-order valence-corrected chi connectivity index (χ1v) is 11.1. The highest BCUT2D eigenvalue weighted by molar-refractivity contribution is 7.16. The zero-order valence-electron chi connectivity index (χ0n) is 16.7. The van der Waals surface area contributed by atoms with Crippen LogP contribution in [0.2, 0.25) is 0 Å². The Labute approximate surface area is 175 Å². The maximum absolute atomic E-state index is 12.6. The van der Waals surface area contributed by atoms with Gasteiger partial charge in [-0.2, -0.15) is 5.26 Å². The molecule has 1 saturated heterocycles. The van der Waals surface area contributed by atoms with Crippen molar-refractivity contribution >= 4 is 27.9 Å². The van der Waals surface area contributed by atoms with E-state index in [1.807, 2.05) is 12.1 Å². The van der Waals surface area contributed by atoms with E-state index in [2.05, 4.69) is 23.2 Å². The summed E-state index contributed by atoms with van der Waals surface area (Å²) in [5.74, 6) is 0.905. The summed E-state index contributed by atoms with van der Waals surface area (Å²) >= 11 is 1.59. The standard InChI is InChI=1S/C22H26N4O2S/c1-15-2-7-18-19(13-23)22(29-20(18)12-15)24-21(28)14-25-8-10-26(11-9-25)16-3-5-17(27)6-4-16/h3-6,15,27H,2,7-12,14H2,1H3,(H,24,28)/p+1/t15-/m1/s1. The fourth-order valence-electron chi connectivity index (χ4n) is 4.28. The van der Waals surface area contributed by atoms with E-state index in [0.29, 0.717) is 18.0 Å². The van der Waals surface area contributed by atoms with Crippen molar-refractivity contribution in [1.82, 2.24) is 0 Å². The maximum atomic E-state index is 12.6. The third-order valence-corrected chi connectivity index (χ3v) is 7.14. The normalized spacial score (nSPS) is 19.4. The number of aromatic hydroxyl groups is 1. The van der Waals surface area contributed by atoms with E-state index in [9.17, 15) is 15.2 Å². The molecule has 3 N–H and O–H groups in total. The second kappa shape index (κ2) is 8.44. The van der Waals surface area contributed by atoms with Gasteiger partial charge in [0.25, 0.3) is 5.91 Å². The second-order valence-electron chi connectivity index (χ2n) is 8.15. The number of thiophene rings is 1. The minimum absolute atomic E-state index is 0.0128. The van der Waals surface area contributed by atoms with Gasteiger partial charge in [0.05, 0.1) is 31.7 Å². The Morgan fingerprint density at radius 1 is 1.34 bits per heavy atom. The van der Waals surface area contributed by atoms with Gasteiger partial charge in [-0.05, 0) is 55.0 Å². The molecule has 4 rings (SSSR count). The van der Waals surface area contributed by atoms with Crippen LogP contribution in [0.3, 0.4) is 0 Å². The minimum atomic E-state index is -0.0128. The lowest BCUT2D eigenvalue weighted by atomic mass is 9.89. The van der Waals surface area contributed by atoms with Gasteiger partial charge in [-0.3, -0.25) is 4.79 Å². The number of phenols is 1. The fourth-order valence-corrected chi connectivity index (χ4v) is 5.65. The number of nitriles is 1. The van der Waals surface area contributed by atoms with Gasteiger partial charge in [0.2, 0.25) is 0 Å². The summed E-state index contributed by atoms with van der Waals surface area (Å²) in [5, 5.41) is 22.8. The summed E-state index contributed by atoms with van der Waals surface area (Å²) in [6, 6.07) is 9.58. The molecule has 7 heteroatoms. The first-order valence-electron chi connectivity index (χ1n) is 10.3. The molecule has 1 aliphatic carbocycles. The Hall–Kier alpha value is -2.56. The summed E-state index contributed by atoms with van der Waals surface area (Å²) in [7, 11) is 0. The number of benzene rings is 1. The second-order valence-corrected chi connectivity index (χ2v) is 9.25. The van der Waals surface area contributed by atoms with Crippen LogP contribution in [0.1, 0.15) is 29.3 Å². The van der Waals surface area contributed by atoms with Crippen LogP contribution >= 0.6 is 11.3 Å². The number of nitrogens with one attached hydrogen (secondary N) is 2. The Bertz CT molecular complexity index is 924. The van der Waals surface area contributed by atoms with E-state index in [1.54, 1.807) is 23.5 Å². The molecule has 0 radical (unpaired) electrons. The van der Waals surface area contributed by atoms with Gasteiger partial charge in [-0.1, -0.05) is 6.92 Å². The lowest BCUT2D eigenvalue weighted by Crippen LogP contribution is -3.15. The molecule has 2 heterocycles. The van der Waals surface area contributed by atoms with Crippen molar-refractivity contribution in [3.63, 3.8) is 0 Å². The number of phenolic OH excluding ortho intramolecular Hbond substituents is 1. The van der Waals surface area contributed by atoms with E-state index in [1.165, 1.54) is 9.78 Å². The van der Waals surface area contributed by atoms with Crippen molar-refractivity contribution in [3.8, 4) is 11.8 Å². The monoisotopic (exact) mass is 411 g/mol. The average Bonchev–Trinajstić information content (AvgIpc) is 3.05. The molecule has 6 nitrogen and oxygen atoms in total. The van der Waals surface area contributed by atoms with Crippen LogP contribution in [-0.4, -0.2) is 43.7 Å². The van der Waals surface area contributed by atoms with Crippen LogP contribution in [0.15, 0.2) is 24.3 Å². The van der Waals surface area contributed by atoms with Crippen LogP contribution in [0.25, 0.3) is 0 Å².